The zero-order chi connectivity index (χ0) is 14.4. The summed E-state index contributed by atoms with van der Waals surface area (Å²) in [5.41, 5.74) is 7.20. The Labute approximate surface area is 114 Å². The van der Waals surface area contributed by atoms with E-state index in [2.05, 4.69) is 22.7 Å². The van der Waals surface area contributed by atoms with Gasteiger partial charge in [0, 0.05) is 17.4 Å². The van der Waals surface area contributed by atoms with E-state index in [1.807, 2.05) is 0 Å². The van der Waals surface area contributed by atoms with Gasteiger partial charge in [-0.1, -0.05) is 0 Å². The van der Waals surface area contributed by atoms with Gasteiger partial charge in [0.25, 0.3) is 5.69 Å². The lowest BCUT2D eigenvalue weighted by Crippen LogP contribution is -2.24. The van der Waals surface area contributed by atoms with E-state index in [1.54, 1.807) is 6.92 Å². The fourth-order valence-electron chi connectivity index (χ4n) is 1.25. The van der Waals surface area contributed by atoms with Crippen molar-refractivity contribution in [1.82, 2.24) is 5.43 Å². The van der Waals surface area contributed by atoms with E-state index < -0.39 is 16.4 Å². The second kappa shape index (κ2) is 6.50. The molecule has 0 spiro atoms. The molecule has 0 fully saturated rings. The minimum Gasteiger partial charge on any atom is -0.865 e. The first-order chi connectivity index (χ1) is 8.95. The average molecular weight is 283 g/mol. The zero-order valence-corrected chi connectivity index (χ0v) is 10.8. The lowest BCUT2D eigenvalue weighted by Gasteiger charge is -2.14. The van der Waals surface area contributed by atoms with Crippen molar-refractivity contribution in [1.29, 1.82) is 0 Å². The summed E-state index contributed by atoms with van der Waals surface area (Å²) in [7, 11) is 0. The number of nitrogens with zero attached hydrogens (tertiary/aromatic N) is 2. The second-order valence-electron chi connectivity index (χ2n) is 3.29. The summed E-state index contributed by atoms with van der Waals surface area (Å²) in [6, 6.07) is 2.44. The van der Waals surface area contributed by atoms with Crippen LogP contribution in [-0.4, -0.2) is 22.9 Å². The van der Waals surface area contributed by atoms with Gasteiger partial charge in [-0.05, 0) is 25.2 Å². The van der Waals surface area contributed by atoms with Gasteiger partial charge in [0.15, 0.2) is 5.11 Å². The molecule has 0 heterocycles. The van der Waals surface area contributed by atoms with E-state index >= 15 is 0 Å². The molecule has 9 heteroatoms. The number of rotatable bonds is 5. The quantitative estimate of drug-likeness (QED) is 0.343. The van der Waals surface area contributed by atoms with Gasteiger partial charge >= 0.3 is 0 Å². The highest BCUT2D eigenvalue weighted by Crippen LogP contribution is 2.34. The second-order valence-corrected chi connectivity index (χ2v) is 3.73. The first-order valence-corrected chi connectivity index (χ1v) is 5.57. The van der Waals surface area contributed by atoms with Crippen LogP contribution in [0.15, 0.2) is 17.2 Å². The number of nitro groups is 1. The molecule has 0 radical (unpaired) electrons. The van der Waals surface area contributed by atoms with Crippen molar-refractivity contribution >= 4 is 29.2 Å². The standard InChI is InChI=1S/C10H12N4O4S/c1-2-18-8-4-6(5-12-13-10(11)19)3-7(9(8)15)14(16)17/h3-5,15H,2H2,1H3,(H3,11,13,19)/p-1/b12-5-. The van der Waals surface area contributed by atoms with Crippen molar-refractivity contribution in [2.75, 3.05) is 6.61 Å². The number of ether oxygens (including phenoxy) is 1. The molecule has 3 N–H and O–H groups in total. The van der Waals surface area contributed by atoms with Gasteiger partial charge in [0.1, 0.15) is 5.75 Å². The van der Waals surface area contributed by atoms with Crippen molar-refractivity contribution < 1.29 is 14.8 Å². The molecule has 0 amide bonds. The number of nitro benzene ring substituents is 1. The number of hydrogen-bond donors (Lipinski definition) is 2. The highest BCUT2D eigenvalue weighted by molar-refractivity contribution is 7.80. The Balaban J connectivity index is 3.14. The lowest BCUT2D eigenvalue weighted by molar-refractivity contribution is -0.398. The fourth-order valence-corrected chi connectivity index (χ4v) is 1.30. The molecule has 0 aliphatic rings. The summed E-state index contributed by atoms with van der Waals surface area (Å²) in [6.45, 7) is 1.89. The van der Waals surface area contributed by atoms with Crippen molar-refractivity contribution in [3.05, 3.63) is 27.8 Å². The molecule has 0 aromatic heterocycles. The summed E-state index contributed by atoms with van der Waals surface area (Å²) in [5.74, 6) is -0.875. The van der Waals surface area contributed by atoms with Gasteiger partial charge < -0.3 is 15.6 Å². The molecule has 0 aliphatic carbocycles. The number of hydrogen-bond acceptors (Lipinski definition) is 6. The molecular formula is C10H11N4O4S-. The molecule has 102 valence electrons. The largest absolute Gasteiger partial charge is 0.865 e. The molecule has 0 saturated heterocycles. The monoisotopic (exact) mass is 283 g/mol. The van der Waals surface area contributed by atoms with Crippen LogP contribution in [0.1, 0.15) is 12.5 Å². The van der Waals surface area contributed by atoms with Crippen LogP contribution < -0.4 is 21.0 Å². The number of hydrazone groups is 1. The fraction of sp³-hybridized carbons (Fsp3) is 0.200. The van der Waals surface area contributed by atoms with Crippen LogP contribution in [0.5, 0.6) is 11.5 Å². The Hall–Kier alpha value is -2.42. The molecule has 1 aromatic rings. The molecule has 0 bridgehead atoms. The normalized spacial score (nSPS) is 10.4. The van der Waals surface area contributed by atoms with Crippen LogP contribution in [0.25, 0.3) is 0 Å². The van der Waals surface area contributed by atoms with Crippen molar-refractivity contribution in [2.45, 2.75) is 6.92 Å². The van der Waals surface area contributed by atoms with E-state index in [1.165, 1.54) is 12.3 Å². The molecule has 1 rings (SSSR count). The van der Waals surface area contributed by atoms with Crippen LogP contribution in [-0.2, 0) is 0 Å². The van der Waals surface area contributed by atoms with E-state index in [0.29, 0.717) is 5.56 Å². The Morgan fingerprint density at radius 1 is 1.68 bits per heavy atom. The molecule has 0 unspecified atom stereocenters. The average Bonchev–Trinajstić information content (AvgIpc) is 2.32. The van der Waals surface area contributed by atoms with Crippen molar-refractivity contribution in [3.8, 4) is 11.5 Å². The summed E-state index contributed by atoms with van der Waals surface area (Å²) >= 11 is 4.54. The van der Waals surface area contributed by atoms with Crippen LogP contribution in [0.4, 0.5) is 5.69 Å². The van der Waals surface area contributed by atoms with Gasteiger partial charge in [-0.25, -0.2) is 0 Å². The summed E-state index contributed by atoms with van der Waals surface area (Å²) in [6.07, 6.45) is 1.24. The maximum Gasteiger partial charge on any atom is 0.266 e. The topological polar surface area (TPSA) is 126 Å². The lowest BCUT2D eigenvalue weighted by atomic mass is 10.2. The van der Waals surface area contributed by atoms with Crippen LogP contribution in [0.3, 0.4) is 0 Å². The Bertz CT molecular complexity index is 533. The van der Waals surface area contributed by atoms with Gasteiger partial charge in [-0.3, -0.25) is 15.5 Å². The summed E-state index contributed by atoms with van der Waals surface area (Å²) in [4.78, 5) is 9.99. The van der Waals surface area contributed by atoms with Gasteiger partial charge in [-0.2, -0.15) is 5.10 Å². The third kappa shape index (κ3) is 4.07. The molecule has 19 heavy (non-hydrogen) atoms. The summed E-state index contributed by atoms with van der Waals surface area (Å²) < 4.78 is 5.05. The number of nitrogens with one attached hydrogen (secondary N) is 1. The summed E-state index contributed by atoms with van der Waals surface area (Å²) in [5, 5.41) is 26.0. The van der Waals surface area contributed by atoms with Gasteiger partial charge in [-0.15, -0.1) is 0 Å². The molecule has 8 nitrogen and oxygen atoms in total. The minimum atomic E-state index is -0.775. The van der Waals surface area contributed by atoms with Crippen LogP contribution >= 0.6 is 12.2 Å². The molecule has 0 saturated carbocycles. The third-order valence-electron chi connectivity index (χ3n) is 1.94. The van der Waals surface area contributed by atoms with E-state index in [0.717, 1.165) is 6.07 Å². The molecule has 1 aromatic carbocycles. The van der Waals surface area contributed by atoms with E-state index in [-0.39, 0.29) is 17.5 Å². The molecular weight excluding hydrogens is 272 g/mol. The first-order valence-electron chi connectivity index (χ1n) is 5.16. The Morgan fingerprint density at radius 3 is 2.89 bits per heavy atom. The molecule has 0 aliphatic heterocycles. The minimum absolute atomic E-state index is 0.0452. The van der Waals surface area contributed by atoms with Gasteiger partial charge in [0.2, 0.25) is 0 Å². The SMILES string of the molecule is CCOc1cc(/C=N\NC(N)=S)cc([N+](=O)[O-])c1[O-]. The van der Waals surface area contributed by atoms with Gasteiger partial charge in [0.05, 0.1) is 17.7 Å². The zero-order valence-electron chi connectivity index (χ0n) is 9.95. The van der Waals surface area contributed by atoms with Crippen LogP contribution in [0, 0.1) is 10.1 Å². The maximum atomic E-state index is 11.7. The van der Waals surface area contributed by atoms with E-state index in [4.69, 9.17) is 10.5 Å². The first kappa shape index (κ1) is 14.6. The van der Waals surface area contributed by atoms with E-state index in [9.17, 15) is 15.2 Å². The molecule has 0 atom stereocenters. The number of benzene rings is 1. The third-order valence-corrected chi connectivity index (χ3v) is 2.03. The van der Waals surface area contributed by atoms with Crippen molar-refractivity contribution in [2.24, 2.45) is 10.8 Å². The highest BCUT2D eigenvalue weighted by Gasteiger charge is 2.13. The number of nitrogens with two attached hydrogens (primary N) is 1. The Kier molecular flexibility index (Phi) is 5.01. The maximum absolute atomic E-state index is 11.7. The highest BCUT2D eigenvalue weighted by atomic mass is 32.1. The van der Waals surface area contributed by atoms with Crippen molar-refractivity contribution in [3.63, 3.8) is 0 Å². The number of thiocarbonyl (C=S) groups is 1. The van der Waals surface area contributed by atoms with Crippen LogP contribution in [0.2, 0.25) is 0 Å². The Morgan fingerprint density at radius 2 is 2.37 bits per heavy atom. The predicted molar refractivity (Wildman–Crippen MR) is 71.2 cm³/mol. The smallest absolute Gasteiger partial charge is 0.266 e. The predicted octanol–water partition coefficient (Wildman–Crippen LogP) is 0.234.